The fraction of sp³-hybridized carbons (Fsp3) is 0.500. The highest BCUT2D eigenvalue weighted by Crippen LogP contribution is 2.35. The van der Waals surface area contributed by atoms with Gasteiger partial charge in [0.05, 0.1) is 0 Å². The number of halogens is 3. The Hall–Kier alpha value is -1.41. The molecule has 0 aromatic carbocycles. The molecule has 3 rings (SSSR count). The summed E-state index contributed by atoms with van der Waals surface area (Å²) in [5.74, 6) is 0. The standard InChI is InChI=1S/C12H12F3N3OS/c13-12(14,15)9-7-8(11-16-4-6-20-11)18(17-9)10-3-1-2-5-19-10/h4,6-7,10H,1-3,5H2. The zero-order chi connectivity index (χ0) is 14.2. The number of ether oxygens (including phenoxy) is 1. The molecule has 1 unspecified atom stereocenters. The van der Waals surface area contributed by atoms with E-state index < -0.39 is 18.1 Å². The molecule has 0 aliphatic carbocycles. The highest BCUT2D eigenvalue weighted by atomic mass is 32.1. The summed E-state index contributed by atoms with van der Waals surface area (Å²) < 4.78 is 45.4. The quantitative estimate of drug-likeness (QED) is 0.849. The van der Waals surface area contributed by atoms with E-state index in [4.69, 9.17) is 4.74 Å². The summed E-state index contributed by atoms with van der Waals surface area (Å²) >= 11 is 1.28. The number of alkyl halides is 3. The molecule has 2 aromatic heterocycles. The number of nitrogens with zero attached hydrogens (tertiary/aromatic N) is 3. The van der Waals surface area contributed by atoms with Crippen molar-refractivity contribution in [3.05, 3.63) is 23.3 Å². The Morgan fingerprint density at radius 3 is 2.80 bits per heavy atom. The summed E-state index contributed by atoms with van der Waals surface area (Å²) in [7, 11) is 0. The van der Waals surface area contributed by atoms with Gasteiger partial charge in [-0.05, 0) is 25.3 Å². The Morgan fingerprint density at radius 2 is 2.20 bits per heavy atom. The number of aromatic nitrogens is 3. The van der Waals surface area contributed by atoms with Crippen LogP contribution < -0.4 is 0 Å². The van der Waals surface area contributed by atoms with Crippen molar-refractivity contribution in [2.45, 2.75) is 31.7 Å². The van der Waals surface area contributed by atoms with Crippen molar-refractivity contribution in [3.8, 4) is 10.7 Å². The number of hydrogen-bond donors (Lipinski definition) is 0. The topological polar surface area (TPSA) is 39.9 Å². The molecule has 1 aliphatic rings. The van der Waals surface area contributed by atoms with Crippen LogP contribution in [0.15, 0.2) is 17.6 Å². The summed E-state index contributed by atoms with van der Waals surface area (Å²) in [6.07, 6.45) is -0.839. The van der Waals surface area contributed by atoms with Gasteiger partial charge in [0.25, 0.3) is 0 Å². The lowest BCUT2D eigenvalue weighted by Gasteiger charge is -2.24. The van der Waals surface area contributed by atoms with E-state index >= 15 is 0 Å². The smallest absolute Gasteiger partial charge is 0.356 e. The van der Waals surface area contributed by atoms with Crippen molar-refractivity contribution in [1.29, 1.82) is 0 Å². The Kier molecular flexibility index (Phi) is 3.51. The normalized spacial score (nSPS) is 20.2. The van der Waals surface area contributed by atoms with Gasteiger partial charge < -0.3 is 4.74 Å². The molecule has 2 aromatic rings. The first-order chi connectivity index (χ1) is 9.55. The molecular formula is C12H12F3N3OS. The molecule has 4 nitrogen and oxygen atoms in total. The third kappa shape index (κ3) is 2.57. The van der Waals surface area contributed by atoms with Gasteiger partial charge in [0.15, 0.2) is 11.9 Å². The maximum atomic E-state index is 12.9. The first-order valence-electron chi connectivity index (χ1n) is 6.24. The van der Waals surface area contributed by atoms with Gasteiger partial charge >= 0.3 is 6.18 Å². The molecule has 0 N–H and O–H groups in total. The summed E-state index contributed by atoms with van der Waals surface area (Å²) in [6, 6.07) is 1.04. The molecule has 0 saturated carbocycles. The van der Waals surface area contributed by atoms with Crippen molar-refractivity contribution in [1.82, 2.24) is 14.8 Å². The van der Waals surface area contributed by atoms with Crippen molar-refractivity contribution >= 4 is 11.3 Å². The van der Waals surface area contributed by atoms with Crippen LogP contribution in [0.3, 0.4) is 0 Å². The molecule has 1 atom stereocenters. The van der Waals surface area contributed by atoms with E-state index in [1.54, 1.807) is 11.6 Å². The van der Waals surface area contributed by atoms with Crippen LogP contribution in [0.2, 0.25) is 0 Å². The lowest BCUT2D eigenvalue weighted by atomic mass is 10.2. The number of hydrogen-bond acceptors (Lipinski definition) is 4. The van der Waals surface area contributed by atoms with Crippen molar-refractivity contribution < 1.29 is 17.9 Å². The summed E-state index contributed by atoms with van der Waals surface area (Å²) in [5, 5.41) is 5.93. The molecule has 1 fully saturated rings. The lowest BCUT2D eigenvalue weighted by molar-refractivity contribution is -0.142. The molecule has 0 spiro atoms. The Balaban J connectivity index is 2.04. The molecule has 0 radical (unpaired) electrons. The molecule has 1 saturated heterocycles. The van der Waals surface area contributed by atoms with Crippen molar-refractivity contribution in [2.75, 3.05) is 6.61 Å². The maximum absolute atomic E-state index is 12.9. The van der Waals surface area contributed by atoms with Crippen LogP contribution in [-0.2, 0) is 10.9 Å². The second-order valence-corrected chi connectivity index (χ2v) is 5.41. The zero-order valence-electron chi connectivity index (χ0n) is 10.4. The molecular weight excluding hydrogens is 291 g/mol. The van der Waals surface area contributed by atoms with Crippen LogP contribution in [0, 0.1) is 0 Å². The first-order valence-corrected chi connectivity index (χ1v) is 7.12. The largest absolute Gasteiger partial charge is 0.435 e. The zero-order valence-corrected chi connectivity index (χ0v) is 11.2. The summed E-state index contributed by atoms with van der Waals surface area (Å²) in [6.45, 7) is 0.545. The van der Waals surface area contributed by atoms with Gasteiger partial charge in [-0.3, -0.25) is 0 Å². The Labute approximate surface area is 117 Å². The predicted molar refractivity (Wildman–Crippen MR) is 67.2 cm³/mol. The fourth-order valence-electron chi connectivity index (χ4n) is 2.18. The van der Waals surface area contributed by atoms with Gasteiger partial charge in [-0.1, -0.05) is 0 Å². The molecule has 3 heterocycles. The fourth-order valence-corrected chi connectivity index (χ4v) is 2.82. The number of rotatable bonds is 2. The average molecular weight is 303 g/mol. The minimum absolute atomic E-state index is 0.360. The minimum Gasteiger partial charge on any atom is -0.356 e. The third-order valence-electron chi connectivity index (χ3n) is 3.11. The Bertz CT molecular complexity index is 573. The van der Waals surface area contributed by atoms with Gasteiger partial charge in [-0.15, -0.1) is 11.3 Å². The van der Waals surface area contributed by atoms with Crippen molar-refractivity contribution in [2.24, 2.45) is 0 Å². The minimum atomic E-state index is -4.47. The van der Waals surface area contributed by atoms with Crippen LogP contribution in [0.5, 0.6) is 0 Å². The molecule has 8 heteroatoms. The third-order valence-corrected chi connectivity index (χ3v) is 3.90. The van der Waals surface area contributed by atoms with E-state index in [-0.39, 0.29) is 0 Å². The van der Waals surface area contributed by atoms with Crippen LogP contribution >= 0.6 is 11.3 Å². The first kappa shape index (κ1) is 13.6. The summed E-state index contributed by atoms with van der Waals surface area (Å²) in [5.41, 5.74) is -0.545. The molecule has 108 valence electrons. The van der Waals surface area contributed by atoms with Crippen LogP contribution in [0.4, 0.5) is 13.2 Å². The molecule has 1 aliphatic heterocycles. The average Bonchev–Trinajstić information content (AvgIpc) is 3.08. The maximum Gasteiger partial charge on any atom is 0.435 e. The van der Waals surface area contributed by atoms with Crippen LogP contribution in [-0.4, -0.2) is 21.4 Å². The van der Waals surface area contributed by atoms with E-state index in [1.165, 1.54) is 16.0 Å². The highest BCUT2D eigenvalue weighted by molar-refractivity contribution is 7.13. The van der Waals surface area contributed by atoms with E-state index in [1.807, 2.05) is 0 Å². The monoisotopic (exact) mass is 303 g/mol. The van der Waals surface area contributed by atoms with E-state index in [0.717, 1.165) is 18.9 Å². The Morgan fingerprint density at radius 1 is 1.35 bits per heavy atom. The van der Waals surface area contributed by atoms with Crippen molar-refractivity contribution in [3.63, 3.8) is 0 Å². The van der Waals surface area contributed by atoms with Crippen LogP contribution in [0.1, 0.15) is 31.2 Å². The second kappa shape index (κ2) is 5.17. The van der Waals surface area contributed by atoms with E-state index in [2.05, 4.69) is 10.1 Å². The van der Waals surface area contributed by atoms with Gasteiger partial charge in [-0.25, -0.2) is 9.67 Å². The predicted octanol–water partition coefficient (Wildman–Crippen LogP) is 3.72. The summed E-state index contributed by atoms with van der Waals surface area (Å²) in [4.78, 5) is 4.07. The number of thiazole rings is 1. The van der Waals surface area contributed by atoms with E-state index in [9.17, 15) is 13.2 Å². The van der Waals surface area contributed by atoms with E-state index in [0.29, 0.717) is 23.7 Å². The lowest BCUT2D eigenvalue weighted by Crippen LogP contribution is -2.20. The molecule has 20 heavy (non-hydrogen) atoms. The van der Waals surface area contributed by atoms with Crippen LogP contribution in [0.25, 0.3) is 10.7 Å². The molecule has 0 amide bonds. The van der Waals surface area contributed by atoms with Gasteiger partial charge in [-0.2, -0.15) is 18.3 Å². The molecule has 0 bridgehead atoms. The SMILES string of the molecule is FC(F)(F)c1cc(-c2nccs2)n(C2CCCCO2)n1. The highest BCUT2D eigenvalue weighted by Gasteiger charge is 2.36. The van der Waals surface area contributed by atoms with Gasteiger partial charge in [0.2, 0.25) is 0 Å². The van der Waals surface area contributed by atoms with Gasteiger partial charge in [0, 0.05) is 18.2 Å². The second-order valence-electron chi connectivity index (χ2n) is 4.52. The van der Waals surface area contributed by atoms with Gasteiger partial charge in [0.1, 0.15) is 10.7 Å².